The van der Waals surface area contributed by atoms with E-state index in [1.807, 2.05) is 36.4 Å². The van der Waals surface area contributed by atoms with Crippen molar-refractivity contribution in [3.8, 4) is 11.5 Å². The number of aromatic nitrogens is 1. The molecule has 6 rings (SSSR count). The van der Waals surface area contributed by atoms with Crippen molar-refractivity contribution in [1.82, 2.24) is 10.3 Å². The summed E-state index contributed by atoms with van der Waals surface area (Å²) < 4.78 is 5.81. The zero-order valence-electron chi connectivity index (χ0n) is 25.7. The van der Waals surface area contributed by atoms with Gasteiger partial charge < -0.3 is 20.4 Å². The van der Waals surface area contributed by atoms with Crippen LogP contribution in [0.2, 0.25) is 0 Å². The Balaban J connectivity index is 1.07. The molecular weight excluding hydrogens is 643 g/mol. The van der Waals surface area contributed by atoms with Crippen LogP contribution < -0.4 is 16.0 Å². The fourth-order valence-corrected chi connectivity index (χ4v) is 5.44. The summed E-state index contributed by atoms with van der Waals surface area (Å²) in [4.78, 5) is 55.2. The molecule has 0 atom stereocenters. The van der Waals surface area contributed by atoms with Crippen LogP contribution in [0.25, 0.3) is 28.6 Å². The van der Waals surface area contributed by atoms with Gasteiger partial charge in [-0.25, -0.2) is 4.98 Å². The molecule has 0 bridgehead atoms. The van der Waals surface area contributed by atoms with Gasteiger partial charge in [0.2, 0.25) is 11.8 Å². The van der Waals surface area contributed by atoms with Gasteiger partial charge in [-0.3, -0.25) is 24.5 Å². The number of carbonyl (C=O) groups excluding carboxylic acids is 3. The minimum atomic E-state index is -0.677. The Hall–Kier alpha value is -6.53. The molecule has 0 spiro atoms. The number of anilines is 2. The van der Waals surface area contributed by atoms with Crippen LogP contribution in [0.5, 0.6) is 0 Å². The molecule has 1 aromatic heterocycles. The number of nitro groups is 1. The van der Waals surface area contributed by atoms with Gasteiger partial charge in [-0.2, -0.15) is 0 Å². The molecule has 0 unspecified atom stereocenters. The largest absolute Gasteiger partial charge is 0.436 e. The first-order valence-electron chi connectivity index (χ1n) is 14.9. The maximum absolute atomic E-state index is 13.4. The average molecular weight is 670 g/mol. The van der Waals surface area contributed by atoms with Gasteiger partial charge in [-0.05, 0) is 84.9 Å². The second kappa shape index (κ2) is 14.9. The van der Waals surface area contributed by atoms with Gasteiger partial charge >= 0.3 is 0 Å². The van der Waals surface area contributed by atoms with Crippen molar-refractivity contribution in [1.29, 1.82) is 0 Å². The van der Waals surface area contributed by atoms with Gasteiger partial charge in [0.25, 0.3) is 17.5 Å². The van der Waals surface area contributed by atoms with E-state index in [-0.39, 0.29) is 28.6 Å². The number of amides is 3. The number of rotatable bonds is 11. The lowest BCUT2D eigenvalue weighted by Crippen LogP contribution is -2.30. The van der Waals surface area contributed by atoms with Crippen LogP contribution in [-0.2, 0) is 9.59 Å². The second-order valence-corrected chi connectivity index (χ2v) is 11.6. The summed E-state index contributed by atoms with van der Waals surface area (Å²) >= 11 is 1.31. The fourth-order valence-electron chi connectivity index (χ4n) is 4.74. The number of hydrogen-bond donors (Lipinski definition) is 3. The Bertz CT molecular complexity index is 2150. The Labute approximate surface area is 284 Å². The molecule has 0 aliphatic heterocycles. The van der Waals surface area contributed by atoms with E-state index in [1.54, 1.807) is 72.8 Å². The molecule has 1 heterocycles. The molecule has 3 amide bonds. The molecule has 242 valence electrons. The molecule has 0 saturated heterocycles. The van der Waals surface area contributed by atoms with Crippen LogP contribution in [0.3, 0.4) is 0 Å². The van der Waals surface area contributed by atoms with Crippen molar-refractivity contribution in [2.45, 2.75) is 4.90 Å². The van der Waals surface area contributed by atoms with Crippen molar-refractivity contribution in [3.05, 3.63) is 154 Å². The van der Waals surface area contributed by atoms with Gasteiger partial charge in [0.1, 0.15) is 11.2 Å². The van der Waals surface area contributed by atoms with Gasteiger partial charge in [-0.15, -0.1) is 11.8 Å². The van der Waals surface area contributed by atoms with Crippen LogP contribution in [0.15, 0.2) is 142 Å². The van der Waals surface area contributed by atoms with Crippen LogP contribution in [0, 0.1) is 10.1 Å². The number of fused-ring (bicyclic) bond motifs is 1. The summed E-state index contributed by atoms with van der Waals surface area (Å²) in [6, 6.07) is 35.8. The van der Waals surface area contributed by atoms with Crippen LogP contribution in [0.4, 0.5) is 17.1 Å². The standard InChI is InChI=1S/C37H27N5O6S/c43-34(38-27-16-14-25(15-17-27)37-41-30-11-5-7-13-33(30)48-37)23-49-29-20-18-28(19-21-29)39-36(45)31(40-35(44)24-8-2-1-3-9-24)22-26-10-4-6-12-32(26)42(46)47/h1-22H,23H2,(H,38,43)(H,39,45)(H,40,44)/b31-22-. The molecule has 0 aliphatic carbocycles. The van der Waals surface area contributed by atoms with Crippen molar-refractivity contribution >= 4 is 63.7 Å². The van der Waals surface area contributed by atoms with E-state index >= 15 is 0 Å². The van der Waals surface area contributed by atoms with E-state index in [9.17, 15) is 24.5 Å². The summed E-state index contributed by atoms with van der Waals surface area (Å²) in [6.45, 7) is 0. The van der Waals surface area contributed by atoms with E-state index in [4.69, 9.17) is 4.42 Å². The number of nitrogens with zero attached hydrogens (tertiary/aromatic N) is 2. The smallest absolute Gasteiger partial charge is 0.276 e. The zero-order valence-corrected chi connectivity index (χ0v) is 26.5. The predicted octanol–water partition coefficient (Wildman–Crippen LogP) is 7.54. The summed E-state index contributed by atoms with van der Waals surface area (Å²) in [5.41, 5.74) is 3.37. The maximum Gasteiger partial charge on any atom is 0.276 e. The molecular formula is C37H27N5O6S. The highest BCUT2D eigenvalue weighted by atomic mass is 32.2. The molecule has 0 fully saturated rings. The molecule has 12 heteroatoms. The molecule has 5 aromatic carbocycles. The molecule has 49 heavy (non-hydrogen) atoms. The van der Waals surface area contributed by atoms with E-state index in [1.165, 1.54) is 36.0 Å². The normalized spacial score (nSPS) is 11.1. The lowest BCUT2D eigenvalue weighted by atomic mass is 10.1. The Morgan fingerprint density at radius 1 is 0.776 bits per heavy atom. The zero-order chi connectivity index (χ0) is 34.2. The third kappa shape index (κ3) is 8.25. The van der Waals surface area contributed by atoms with Crippen LogP contribution in [-0.4, -0.2) is 33.4 Å². The third-order valence-corrected chi connectivity index (χ3v) is 8.17. The molecule has 0 aliphatic rings. The van der Waals surface area contributed by atoms with E-state index in [0.29, 0.717) is 28.4 Å². The lowest BCUT2D eigenvalue weighted by Gasteiger charge is -2.12. The lowest BCUT2D eigenvalue weighted by molar-refractivity contribution is -0.385. The highest BCUT2D eigenvalue weighted by Gasteiger charge is 2.18. The minimum Gasteiger partial charge on any atom is -0.436 e. The average Bonchev–Trinajstić information content (AvgIpc) is 3.56. The monoisotopic (exact) mass is 669 g/mol. The summed E-state index contributed by atoms with van der Waals surface area (Å²) in [5.74, 6) is -0.781. The van der Waals surface area contributed by atoms with E-state index in [0.717, 1.165) is 16.0 Å². The quantitative estimate of drug-likeness (QED) is 0.0553. The Morgan fingerprint density at radius 2 is 1.43 bits per heavy atom. The van der Waals surface area contributed by atoms with E-state index < -0.39 is 16.7 Å². The first kappa shape index (κ1) is 32.4. The highest BCUT2D eigenvalue weighted by Crippen LogP contribution is 2.26. The minimum absolute atomic E-state index is 0.146. The maximum atomic E-state index is 13.4. The van der Waals surface area contributed by atoms with Gasteiger partial charge in [0.05, 0.1) is 16.2 Å². The topological polar surface area (TPSA) is 156 Å². The highest BCUT2D eigenvalue weighted by molar-refractivity contribution is 8.00. The van der Waals surface area contributed by atoms with Crippen molar-refractivity contribution in [2.24, 2.45) is 0 Å². The van der Waals surface area contributed by atoms with Gasteiger partial charge in [0.15, 0.2) is 5.58 Å². The number of nitrogens with one attached hydrogen (secondary N) is 3. The second-order valence-electron chi connectivity index (χ2n) is 10.6. The number of oxazole rings is 1. The molecule has 6 aromatic rings. The summed E-state index contributed by atoms with van der Waals surface area (Å²) in [6.07, 6.45) is 1.26. The number of para-hydroxylation sites is 3. The molecule has 3 N–H and O–H groups in total. The number of thioether (sulfide) groups is 1. The summed E-state index contributed by atoms with van der Waals surface area (Å²) in [7, 11) is 0. The number of nitro benzene ring substituents is 1. The predicted molar refractivity (Wildman–Crippen MR) is 189 cm³/mol. The van der Waals surface area contributed by atoms with Gasteiger partial charge in [0, 0.05) is 33.5 Å². The Kier molecular flexibility index (Phi) is 9.87. The van der Waals surface area contributed by atoms with Crippen LogP contribution >= 0.6 is 11.8 Å². The number of benzene rings is 5. The van der Waals surface area contributed by atoms with Crippen molar-refractivity contribution < 1.29 is 23.7 Å². The number of hydrogen-bond acceptors (Lipinski definition) is 8. The SMILES string of the molecule is O=C(CSc1ccc(NC(=O)/C(=C/c2ccccc2[N+](=O)[O-])NC(=O)c2ccccc2)cc1)Nc1ccc(-c2nc3ccccc3o2)cc1. The molecule has 0 saturated carbocycles. The van der Waals surface area contributed by atoms with Gasteiger partial charge in [-0.1, -0.05) is 42.5 Å². The molecule has 0 radical (unpaired) electrons. The fraction of sp³-hybridized carbons (Fsp3) is 0.0270. The first-order chi connectivity index (χ1) is 23.8. The van der Waals surface area contributed by atoms with Crippen molar-refractivity contribution in [3.63, 3.8) is 0 Å². The summed E-state index contributed by atoms with van der Waals surface area (Å²) in [5, 5.41) is 19.7. The van der Waals surface area contributed by atoms with Crippen molar-refractivity contribution in [2.75, 3.05) is 16.4 Å². The third-order valence-electron chi connectivity index (χ3n) is 7.15. The Morgan fingerprint density at radius 3 is 2.16 bits per heavy atom. The van der Waals surface area contributed by atoms with E-state index in [2.05, 4.69) is 20.9 Å². The number of carbonyl (C=O) groups is 3. The van der Waals surface area contributed by atoms with Crippen LogP contribution in [0.1, 0.15) is 15.9 Å². The molecule has 11 nitrogen and oxygen atoms in total. The first-order valence-corrected chi connectivity index (χ1v) is 15.9.